The van der Waals surface area contributed by atoms with Crippen LogP contribution in [-0.4, -0.2) is 44.0 Å². The van der Waals surface area contributed by atoms with E-state index in [1.54, 1.807) is 12.1 Å². The number of carbonyl (C=O) groups excluding carboxylic acids is 1. The van der Waals surface area contributed by atoms with E-state index in [9.17, 15) is 9.18 Å². The van der Waals surface area contributed by atoms with Gasteiger partial charge < -0.3 is 20.9 Å². The average molecular weight is 370 g/mol. The number of nitrogens with two attached hydrogens (primary N) is 1. The molecular formula is C21H27FN4O. The fraction of sp³-hybridized carbons (Fsp3) is 0.381. The van der Waals surface area contributed by atoms with Gasteiger partial charge in [-0.2, -0.15) is 0 Å². The lowest BCUT2D eigenvalue weighted by Gasteiger charge is -2.36. The molecule has 1 fully saturated rings. The van der Waals surface area contributed by atoms with E-state index in [2.05, 4.69) is 22.2 Å². The summed E-state index contributed by atoms with van der Waals surface area (Å²) < 4.78 is 13.9. The van der Waals surface area contributed by atoms with Crippen molar-refractivity contribution in [3.8, 4) is 0 Å². The zero-order valence-electron chi connectivity index (χ0n) is 15.9. The van der Waals surface area contributed by atoms with E-state index in [1.165, 1.54) is 12.1 Å². The van der Waals surface area contributed by atoms with Crippen LogP contribution < -0.4 is 16.0 Å². The predicted octanol–water partition coefficient (Wildman–Crippen LogP) is 2.53. The highest BCUT2D eigenvalue weighted by Crippen LogP contribution is 2.28. The summed E-state index contributed by atoms with van der Waals surface area (Å²) in [6, 6.07) is 11.7. The highest BCUT2D eigenvalue weighted by atomic mass is 19.1. The van der Waals surface area contributed by atoms with Gasteiger partial charge in [0.2, 0.25) is 0 Å². The summed E-state index contributed by atoms with van der Waals surface area (Å²) in [7, 11) is 2.10. The number of nitrogens with one attached hydrogen (secondary N) is 1. The molecule has 0 aliphatic carbocycles. The highest BCUT2D eigenvalue weighted by Gasteiger charge is 2.21. The molecule has 1 heterocycles. The van der Waals surface area contributed by atoms with Crippen LogP contribution in [0.2, 0.25) is 0 Å². The largest absolute Gasteiger partial charge is 0.369 e. The Morgan fingerprint density at radius 3 is 2.44 bits per heavy atom. The lowest BCUT2D eigenvalue weighted by molar-refractivity contribution is 0.0940. The van der Waals surface area contributed by atoms with E-state index >= 15 is 0 Å². The molecule has 2 aromatic carbocycles. The van der Waals surface area contributed by atoms with Gasteiger partial charge in [-0.1, -0.05) is 12.1 Å². The fourth-order valence-corrected chi connectivity index (χ4v) is 3.36. The second kappa shape index (κ2) is 8.50. The molecule has 0 radical (unpaired) electrons. The molecule has 1 atom stereocenters. The second-order valence-corrected chi connectivity index (χ2v) is 7.09. The van der Waals surface area contributed by atoms with Crippen molar-refractivity contribution in [3.05, 3.63) is 65.0 Å². The van der Waals surface area contributed by atoms with Gasteiger partial charge in [0.25, 0.3) is 5.91 Å². The molecule has 27 heavy (non-hydrogen) atoms. The van der Waals surface area contributed by atoms with E-state index < -0.39 is 0 Å². The van der Waals surface area contributed by atoms with E-state index in [0.29, 0.717) is 12.1 Å². The van der Waals surface area contributed by atoms with Crippen molar-refractivity contribution >= 4 is 11.6 Å². The van der Waals surface area contributed by atoms with Crippen LogP contribution in [0.15, 0.2) is 42.5 Å². The van der Waals surface area contributed by atoms with Crippen molar-refractivity contribution in [3.63, 3.8) is 0 Å². The van der Waals surface area contributed by atoms with Crippen molar-refractivity contribution in [1.29, 1.82) is 0 Å². The maximum atomic E-state index is 13.9. The van der Waals surface area contributed by atoms with Crippen LogP contribution in [0.3, 0.4) is 0 Å². The second-order valence-electron chi connectivity index (χ2n) is 7.09. The topological polar surface area (TPSA) is 61.6 Å². The predicted molar refractivity (Wildman–Crippen MR) is 106 cm³/mol. The lowest BCUT2D eigenvalue weighted by Crippen LogP contribution is -2.45. The smallest absolute Gasteiger partial charge is 0.251 e. The summed E-state index contributed by atoms with van der Waals surface area (Å²) in [4.78, 5) is 17.1. The summed E-state index contributed by atoms with van der Waals surface area (Å²) in [5, 5.41) is 2.99. The molecular weight excluding hydrogens is 343 g/mol. The highest BCUT2D eigenvalue weighted by molar-refractivity contribution is 5.94. The molecule has 1 unspecified atom stereocenters. The van der Waals surface area contributed by atoms with E-state index in [-0.39, 0.29) is 17.8 Å². The van der Waals surface area contributed by atoms with Gasteiger partial charge in [0.15, 0.2) is 0 Å². The molecule has 5 nitrogen and oxygen atoms in total. The van der Waals surface area contributed by atoms with Gasteiger partial charge in [-0.15, -0.1) is 0 Å². The number of rotatable bonds is 5. The molecule has 1 amide bonds. The van der Waals surface area contributed by atoms with E-state index in [0.717, 1.165) is 43.0 Å². The van der Waals surface area contributed by atoms with Crippen LogP contribution in [0.5, 0.6) is 0 Å². The zero-order valence-corrected chi connectivity index (χ0v) is 15.9. The molecule has 0 spiro atoms. The van der Waals surface area contributed by atoms with Crippen LogP contribution in [0.4, 0.5) is 10.1 Å². The molecule has 6 heteroatoms. The monoisotopic (exact) mass is 370 g/mol. The molecule has 0 saturated carbocycles. The summed E-state index contributed by atoms with van der Waals surface area (Å²) in [5.41, 5.74) is 8.92. The van der Waals surface area contributed by atoms with Crippen molar-refractivity contribution in [2.75, 3.05) is 38.1 Å². The summed E-state index contributed by atoms with van der Waals surface area (Å²) >= 11 is 0. The molecule has 3 N–H and O–H groups in total. The minimum absolute atomic E-state index is 0.181. The maximum absolute atomic E-state index is 13.9. The number of halogens is 1. The quantitative estimate of drug-likeness (QED) is 0.849. The Labute approximate surface area is 160 Å². The third kappa shape index (κ3) is 4.64. The van der Waals surface area contributed by atoms with Crippen molar-refractivity contribution in [2.24, 2.45) is 5.73 Å². The number of anilines is 1. The van der Waals surface area contributed by atoms with Crippen molar-refractivity contribution < 1.29 is 9.18 Å². The Hall–Kier alpha value is -2.44. The Kier molecular flexibility index (Phi) is 6.08. The van der Waals surface area contributed by atoms with E-state index in [4.69, 9.17) is 5.73 Å². The average Bonchev–Trinajstić information content (AvgIpc) is 2.68. The minimum Gasteiger partial charge on any atom is -0.369 e. The van der Waals surface area contributed by atoms with Crippen molar-refractivity contribution in [1.82, 2.24) is 10.2 Å². The Morgan fingerprint density at radius 1 is 1.15 bits per heavy atom. The molecule has 0 bridgehead atoms. The van der Waals surface area contributed by atoms with Crippen LogP contribution in [0, 0.1) is 5.82 Å². The molecule has 3 rings (SSSR count). The third-order valence-electron chi connectivity index (χ3n) is 5.10. The van der Waals surface area contributed by atoms with Gasteiger partial charge in [-0.3, -0.25) is 4.79 Å². The fourth-order valence-electron chi connectivity index (χ4n) is 3.36. The molecule has 1 aliphatic rings. The first kappa shape index (κ1) is 19.3. The summed E-state index contributed by atoms with van der Waals surface area (Å²) in [5.74, 6) is -0.476. The number of carbonyl (C=O) groups is 1. The molecule has 0 aromatic heterocycles. The number of benzene rings is 2. The lowest BCUT2D eigenvalue weighted by atomic mass is 10.0. The van der Waals surface area contributed by atoms with Gasteiger partial charge in [0.05, 0.1) is 6.04 Å². The molecule has 144 valence electrons. The normalized spacial score (nSPS) is 16.2. The maximum Gasteiger partial charge on any atom is 0.251 e. The van der Waals surface area contributed by atoms with Gasteiger partial charge in [0, 0.05) is 49.5 Å². The summed E-state index contributed by atoms with van der Waals surface area (Å²) in [6.45, 7) is 6.03. The van der Waals surface area contributed by atoms with Gasteiger partial charge in [0.1, 0.15) is 5.82 Å². The number of hydrogen-bond acceptors (Lipinski definition) is 4. The first-order valence-corrected chi connectivity index (χ1v) is 9.30. The van der Waals surface area contributed by atoms with Crippen LogP contribution >= 0.6 is 0 Å². The first-order chi connectivity index (χ1) is 13.0. The van der Waals surface area contributed by atoms with Gasteiger partial charge in [-0.25, -0.2) is 4.39 Å². The number of hydrogen-bond donors (Lipinski definition) is 2. The number of amides is 1. The van der Waals surface area contributed by atoms with Gasteiger partial charge >= 0.3 is 0 Å². The standard InChI is InChI=1S/C21H27FN4O/c1-15(24-21(27)17-5-3-16(14-23)4-6-17)19-13-18(22)7-8-20(19)26-11-9-25(2)10-12-26/h3-8,13,15H,9-12,14,23H2,1-2H3,(H,24,27). The number of piperazine rings is 1. The summed E-state index contributed by atoms with van der Waals surface area (Å²) in [6.07, 6.45) is 0. The SMILES string of the molecule is CC(NC(=O)c1ccc(CN)cc1)c1cc(F)ccc1N1CCN(C)CC1. The third-order valence-corrected chi connectivity index (χ3v) is 5.10. The van der Waals surface area contributed by atoms with Gasteiger partial charge in [-0.05, 0) is 49.9 Å². The Morgan fingerprint density at radius 2 is 1.81 bits per heavy atom. The number of nitrogens with zero attached hydrogens (tertiary/aromatic N) is 2. The van der Waals surface area contributed by atoms with Crippen LogP contribution in [0.25, 0.3) is 0 Å². The van der Waals surface area contributed by atoms with Crippen LogP contribution in [-0.2, 0) is 6.54 Å². The molecule has 2 aromatic rings. The number of likely N-dealkylation sites (N-methyl/N-ethyl adjacent to an activating group) is 1. The Balaban J connectivity index is 1.77. The zero-order chi connectivity index (χ0) is 19.4. The minimum atomic E-state index is -0.308. The molecule has 1 aliphatic heterocycles. The van der Waals surface area contributed by atoms with Crippen molar-refractivity contribution in [2.45, 2.75) is 19.5 Å². The van der Waals surface area contributed by atoms with E-state index in [1.807, 2.05) is 25.1 Å². The molecule has 1 saturated heterocycles. The van der Waals surface area contributed by atoms with Crippen LogP contribution in [0.1, 0.15) is 34.5 Å². The Bertz CT molecular complexity index is 785. The first-order valence-electron chi connectivity index (χ1n) is 9.30.